The fraction of sp³-hybridized carbons (Fsp3) is 0.231. The van der Waals surface area contributed by atoms with E-state index in [0.29, 0.717) is 5.69 Å². The van der Waals surface area contributed by atoms with Gasteiger partial charge in [-0.2, -0.15) is 5.10 Å². The summed E-state index contributed by atoms with van der Waals surface area (Å²) in [7, 11) is 0. The van der Waals surface area contributed by atoms with E-state index in [1.54, 1.807) is 6.07 Å². The monoisotopic (exact) mass is 307 g/mol. The van der Waals surface area contributed by atoms with Crippen LogP contribution in [0.15, 0.2) is 34.8 Å². The minimum absolute atomic E-state index is 0.198. The van der Waals surface area contributed by atoms with E-state index >= 15 is 0 Å². The first kappa shape index (κ1) is 12.8. The van der Waals surface area contributed by atoms with Crippen molar-refractivity contribution in [3.05, 3.63) is 46.2 Å². The summed E-state index contributed by atoms with van der Waals surface area (Å²) in [5, 5.41) is 9.66. The molecule has 0 saturated heterocycles. The summed E-state index contributed by atoms with van der Waals surface area (Å²) in [6.07, 6.45) is 1.93. The molecular weight excluding hydrogens is 294 g/mol. The van der Waals surface area contributed by atoms with Gasteiger partial charge < -0.3 is 5.32 Å². The summed E-state index contributed by atoms with van der Waals surface area (Å²) in [6.45, 7) is 2.09. The van der Waals surface area contributed by atoms with E-state index in [1.165, 1.54) is 0 Å². The first-order valence-corrected chi connectivity index (χ1v) is 6.59. The Balaban J connectivity index is 2.04. The molecular formula is C13H14BrN3O. The van der Waals surface area contributed by atoms with Crippen LogP contribution < -0.4 is 5.32 Å². The number of nitrogens with zero attached hydrogens (tertiary/aromatic N) is 1. The van der Waals surface area contributed by atoms with Crippen molar-refractivity contribution in [3.8, 4) is 0 Å². The maximum Gasteiger partial charge on any atom is 0.276 e. The van der Waals surface area contributed by atoms with Crippen molar-refractivity contribution >= 4 is 27.5 Å². The SMILES string of the molecule is CCCc1cc(C(=O)Nc2ccc(Br)cc2)n[nH]1. The Bertz CT molecular complexity index is 533. The van der Waals surface area contributed by atoms with Gasteiger partial charge in [0.25, 0.3) is 5.91 Å². The highest BCUT2D eigenvalue weighted by Gasteiger charge is 2.10. The number of aromatic nitrogens is 2. The van der Waals surface area contributed by atoms with Crippen molar-refractivity contribution in [2.75, 3.05) is 5.32 Å². The third kappa shape index (κ3) is 3.20. The molecule has 1 heterocycles. The predicted octanol–water partition coefficient (Wildman–Crippen LogP) is 3.38. The standard InChI is InChI=1S/C13H14BrN3O/c1-2-3-11-8-12(17-16-11)13(18)15-10-6-4-9(14)5-7-10/h4-8H,2-3H2,1H3,(H,15,18)(H,16,17). The van der Waals surface area contributed by atoms with Crippen LogP contribution in [0, 0.1) is 0 Å². The number of nitrogens with one attached hydrogen (secondary N) is 2. The summed E-state index contributed by atoms with van der Waals surface area (Å²) in [6, 6.07) is 9.21. The lowest BCUT2D eigenvalue weighted by molar-refractivity contribution is 0.102. The molecule has 2 aromatic rings. The second-order valence-corrected chi connectivity index (χ2v) is 4.91. The van der Waals surface area contributed by atoms with E-state index < -0.39 is 0 Å². The number of hydrogen-bond donors (Lipinski definition) is 2. The molecule has 0 aliphatic rings. The van der Waals surface area contributed by atoms with E-state index in [1.807, 2.05) is 24.3 Å². The average molecular weight is 308 g/mol. The molecule has 0 saturated carbocycles. The van der Waals surface area contributed by atoms with Gasteiger partial charge in [0.15, 0.2) is 5.69 Å². The number of rotatable bonds is 4. The highest BCUT2D eigenvalue weighted by molar-refractivity contribution is 9.10. The van der Waals surface area contributed by atoms with E-state index in [4.69, 9.17) is 0 Å². The van der Waals surface area contributed by atoms with E-state index in [0.717, 1.165) is 28.7 Å². The van der Waals surface area contributed by atoms with Crippen LogP contribution >= 0.6 is 15.9 Å². The molecule has 0 aliphatic heterocycles. The van der Waals surface area contributed by atoms with Gasteiger partial charge >= 0.3 is 0 Å². The molecule has 0 radical (unpaired) electrons. The molecule has 0 unspecified atom stereocenters. The predicted molar refractivity (Wildman–Crippen MR) is 74.7 cm³/mol. The Hall–Kier alpha value is -1.62. The highest BCUT2D eigenvalue weighted by atomic mass is 79.9. The number of aryl methyl sites for hydroxylation is 1. The summed E-state index contributed by atoms with van der Waals surface area (Å²) >= 11 is 3.35. The van der Waals surface area contributed by atoms with Gasteiger partial charge in [0.1, 0.15) is 0 Å². The van der Waals surface area contributed by atoms with Gasteiger partial charge in [-0.3, -0.25) is 9.89 Å². The summed E-state index contributed by atoms with van der Waals surface area (Å²) in [4.78, 5) is 11.9. The van der Waals surface area contributed by atoms with E-state index in [-0.39, 0.29) is 5.91 Å². The lowest BCUT2D eigenvalue weighted by atomic mass is 10.2. The number of H-pyrrole nitrogens is 1. The van der Waals surface area contributed by atoms with Gasteiger partial charge in [-0.25, -0.2) is 0 Å². The minimum Gasteiger partial charge on any atom is -0.321 e. The molecule has 18 heavy (non-hydrogen) atoms. The molecule has 0 bridgehead atoms. The van der Waals surface area contributed by atoms with Gasteiger partial charge in [0, 0.05) is 15.9 Å². The van der Waals surface area contributed by atoms with Crippen LogP contribution in [0.25, 0.3) is 0 Å². The van der Waals surface area contributed by atoms with Crippen molar-refractivity contribution in [1.82, 2.24) is 10.2 Å². The number of carbonyl (C=O) groups excluding carboxylic acids is 1. The Morgan fingerprint density at radius 3 is 2.78 bits per heavy atom. The lowest BCUT2D eigenvalue weighted by Crippen LogP contribution is -2.12. The molecule has 2 N–H and O–H groups in total. The number of benzene rings is 1. The van der Waals surface area contributed by atoms with Crippen LogP contribution in [-0.2, 0) is 6.42 Å². The summed E-state index contributed by atoms with van der Waals surface area (Å²) in [5.74, 6) is -0.198. The lowest BCUT2D eigenvalue weighted by Gasteiger charge is -2.02. The normalized spacial score (nSPS) is 10.3. The maximum atomic E-state index is 11.9. The van der Waals surface area contributed by atoms with E-state index in [2.05, 4.69) is 38.4 Å². The van der Waals surface area contributed by atoms with Crippen LogP contribution in [0.1, 0.15) is 29.5 Å². The number of aromatic amines is 1. The van der Waals surface area contributed by atoms with Crippen LogP contribution in [0.2, 0.25) is 0 Å². The van der Waals surface area contributed by atoms with Gasteiger partial charge in [-0.05, 0) is 36.8 Å². The molecule has 0 aliphatic carbocycles. The first-order valence-electron chi connectivity index (χ1n) is 5.80. The van der Waals surface area contributed by atoms with Crippen molar-refractivity contribution in [1.29, 1.82) is 0 Å². The molecule has 0 fully saturated rings. The molecule has 5 heteroatoms. The van der Waals surface area contributed by atoms with E-state index in [9.17, 15) is 4.79 Å². The molecule has 4 nitrogen and oxygen atoms in total. The fourth-order valence-corrected chi connectivity index (χ4v) is 1.87. The van der Waals surface area contributed by atoms with Crippen LogP contribution in [0.5, 0.6) is 0 Å². The fourth-order valence-electron chi connectivity index (χ4n) is 1.60. The number of amides is 1. The topological polar surface area (TPSA) is 57.8 Å². The van der Waals surface area contributed by atoms with Gasteiger partial charge in [-0.15, -0.1) is 0 Å². The van der Waals surface area contributed by atoms with Crippen LogP contribution in [0.4, 0.5) is 5.69 Å². The Morgan fingerprint density at radius 2 is 2.11 bits per heavy atom. The van der Waals surface area contributed by atoms with Crippen molar-refractivity contribution in [2.45, 2.75) is 19.8 Å². The quantitative estimate of drug-likeness (QED) is 0.909. The Labute approximate surface area is 114 Å². The molecule has 0 spiro atoms. The summed E-state index contributed by atoms with van der Waals surface area (Å²) < 4.78 is 0.977. The second-order valence-electron chi connectivity index (χ2n) is 3.99. The first-order chi connectivity index (χ1) is 8.69. The zero-order chi connectivity index (χ0) is 13.0. The molecule has 1 aromatic carbocycles. The Morgan fingerprint density at radius 1 is 1.39 bits per heavy atom. The maximum absolute atomic E-state index is 11.9. The third-order valence-corrected chi connectivity index (χ3v) is 3.01. The number of halogens is 1. The van der Waals surface area contributed by atoms with Crippen LogP contribution in [-0.4, -0.2) is 16.1 Å². The molecule has 2 rings (SSSR count). The number of hydrogen-bond acceptors (Lipinski definition) is 2. The smallest absolute Gasteiger partial charge is 0.276 e. The third-order valence-electron chi connectivity index (χ3n) is 2.48. The molecule has 0 atom stereocenters. The zero-order valence-corrected chi connectivity index (χ0v) is 11.6. The van der Waals surface area contributed by atoms with Gasteiger partial charge in [-0.1, -0.05) is 29.3 Å². The minimum atomic E-state index is -0.198. The van der Waals surface area contributed by atoms with Crippen molar-refractivity contribution < 1.29 is 4.79 Å². The van der Waals surface area contributed by atoms with Gasteiger partial charge in [0.05, 0.1) is 0 Å². The molecule has 1 amide bonds. The zero-order valence-electron chi connectivity index (χ0n) is 10.0. The number of anilines is 1. The van der Waals surface area contributed by atoms with Crippen molar-refractivity contribution in [2.24, 2.45) is 0 Å². The Kier molecular flexibility index (Phi) is 4.15. The summed E-state index contributed by atoms with van der Waals surface area (Å²) in [5.41, 5.74) is 2.16. The van der Waals surface area contributed by atoms with Crippen molar-refractivity contribution in [3.63, 3.8) is 0 Å². The molecule has 94 valence electrons. The average Bonchev–Trinajstić information content (AvgIpc) is 2.81. The van der Waals surface area contributed by atoms with Gasteiger partial charge in [0.2, 0.25) is 0 Å². The second kappa shape index (κ2) is 5.82. The highest BCUT2D eigenvalue weighted by Crippen LogP contribution is 2.15. The molecule has 1 aromatic heterocycles. The largest absolute Gasteiger partial charge is 0.321 e. The van der Waals surface area contributed by atoms with Crippen LogP contribution in [0.3, 0.4) is 0 Å². The number of carbonyl (C=O) groups is 1.